The molecule has 1 aliphatic rings. The Hall–Kier alpha value is -3.52. The van der Waals surface area contributed by atoms with E-state index in [2.05, 4.69) is 10.3 Å². The number of amides is 2. The van der Waals surface area contributed by atoms with E-state index in [-0.39, 0.29) is 17.9 Å². The lowest BCUT2D eigenvalue weighted by atomic mass is 10.0. The monoisotopic (exact) mass is 496 g/mol. The minimum absolute atomic E-state index is 0.000621. The summed E-state index contributed by atoms with van der Waals surface area (Å²) in [5.41, 5.74) is 6.49. The summed E-state index contributed by atoms with van der Waals surface area (Å²) in [5, 5.41) is 5.51. The second-order valence-electron chi connectivity index (χ2n) is 8.94. The van der Waals surface area contributed by atoms with E-state index in [1.54, 1.807) is 43.6 Å². The minimum atomic E-state index is -0.488. The van der Waals surface area contributed by atoms with E-state index in [0.717, 1.165) is 16.5 Å². The van der Waals surface area contributed by atoms with Crippen LogP contribution in [-0.4, -0.2) is 54.0 Å². The van der Waals surface area contributed by atoms with E-state index in [1.165, 1.54) is 0 Å². The number of anilines is 1. The number of nitrogens with one attached hydrogen (secondary N) is 1. The number of nitrogens with two attached hydrogens (primary N) is 1. The number of likely N-dealkylation sites (tertiary alicyclic amines) is 1. The van der Waals surface area contributed by atoms with E-state index in [0.29, 0.717) is 41.7 Å². The largest absolute Gasteiger partial charge is 0.494 e. The molecule has 0 spiro atoms. The predicted octanol–water partition coefficient (Wildman–Crippen LogP) is 4.11. The summed E-state index contributed by atoms with van der Waals surface area (Å²) in [5.74, 6) is 0.670. The average molecular weight is 497 g/mol. The first-order valence-electron chi connectivity index (χ1n) is 11.5. The molecular weight excluding hydrogens is 468 g/mol. The second-order valence-corrected chi connectivity index (χ2v) is 9.38. The highest BCUT2D eigenvalue weighted by Gasteiger charge is 2.33. The smallest absolute Gasteiger partial charge is 0.248 e. The Morgan fingerprint density at radius 1 is 1.17 bits per heavy atom. The maximum atomic E-state index is 13.4. The fourth-order valence-electron chi connectivity index (χ4n) is 4.22. The van der Waals surface area contributed by atoms with Crippen LogP contribution in [0.3, 0.4) is 0 Å². The van der Waals surface area contributed by atoms with Gasteiger partial charge >= 0.3 is 0 Å². The van der Waals surface area contributed by atoms with Crippen molar-refractivity contribution >= 4 is 39.9 Å². The van der Waals surface area contributed by atoms with Crippen LogP contribution in [0.4, 0.5) is 5.69 Å². The molecule has 4 rings (SSSR count). The van der Waals surface area contributed by atoms with Gasteiger partial charge < -0.3 is 25.4 Å². The van der Waals surface area contributed by atoms with Crippen LogP contribution in [0.15, 0.2) is 48.7 Å². The van der Waals surface area contributed by atoms with Gasteiger partial charge in [0.1, 0.15) is 17.9 Å². The highest BCUT2D eigenvalue weighted by atomic mass is 35.5. The number of nitrogens with zero attached hydrogens (tertiary/aromatic N) is 2. The van der Waals surface area contributed by atoms with Crippen molar-refractivity contribution < 1.29 is 19.1 Å². The number of carbonyl (C=O) groups excluding carboxylic acids is 2. The molecule has 2 aromatic carbocycles. The number of fused-ring (bicyclic) bond motifs is 1. The van der Waals surface area contributed by atoms with Crippen LogP contribution in [0.25, 0.3) is 10.8 Å². The molecular formula is C26H29ClN4O4. The van der Waals surface area contributed by atoms with Crippen molar-refractivity contribution in [3.63, 3.8) is 0 Å². The SMILES string of the molecule is COc1cnc(O[C@@H]2CCN(C(=O)[C@@H](Nc3ccc(C(N)=O)cc3)C(C)C)C2)c2cc(Cl)ccc12. The molecule has 1 fully saturated rings. The van der Waals surface area contributed by atoms with Crippen LogP contribution in [0.2, 0.25) is 5.02 Å². The molecule has 0 saturated carbocycles. The number of methoxy groups -OCH3 is 1. The zero-order chi connectivity index (χ0) is 25.1. The lowest BCUT2D eigenvalue weighted by Gasteiger charge is -2.27. The van der Waals surface area contributed by atoms with Gasteiger partial charge in [0.05, 0.1) is 19.9 Å². The number of rotatable bonds is 8. The van der Waals surface area contributed by atoms with Crippen molar-refractivity contribution in [2.24, 2.45) is 11.7 Å². The third kappa shape index (κ3) is 5.43. The molecule has 2 atom stereocenters. The summed E-state index contributed by atoms with van der Waals surface area (Å²) < 4.78 is 11.6. The Bertz CT molecular complexity index is 1230. The lowest BCUT2D eigenvalue weighted by molar-refractivity contribution is -0.132. The molecule has 9 heteroatoms. The van der Waals surface area contributed by atoms with E-state index < -0.39 is 11.9 Å². The molecule has 1 saturated heterocycles. The lowest BCUT2D eigenvalue weighted by Crippen LogP contribution is -2.45. The third-order valence-corrected chi connectivity index (χ3v) is 6.39. The number of pyridine rings is 1. The number of aromatic nitrogens is 1. The summed E-state index contributed by atoms with van der Waals surface area (Å²) in [7, 11) is 1.59. The van der Waals surface area contributed by atoms with Crippen molar-refractivity contribution in [1.29, 1.82) is 0 Å². The average Bonchev–Trinajstić information content (AvgIpc) is 3.31. The van der Waals surface area contributed by atoms with Crippen molar-refractivity contribution in [2.45, 2.75) is 32.4 Å². The number of benzene rings is 2. The first-order chi connectivity index (χ1) is 16.8. The van der Waals surface area contributed by atoms with Crippen LogP contribution >= 0.6 is 11.6 Å². The summed E-state index contributed by atoms with van der Waals surface area (Å²) >= 11 is 6.22. The number of halogens is 1. The standard InChI is InChI=1S/C26H29ClN4O4/c1-15(2)23(30-18-7-4-16(5-8-18)24(28)32)26(33)31-11-10-19(14-31)35-25-21-12-17(27)6-9-20(21)22(34-3)13-29-25/h4-9,12-13,15,19,23,30H,10-11,14H2,1-3H3,(H2,28,32)/t19-,23+/m1/s1. The first kappa shape index (κ1) is 24.6. The van der Waals surface area contributed by atoms with Crippen LogP contribution in [0.5, 0.6) is 11.6 Å². The van der Waals surface area contributed by atoms with E-state index >= 15 is 0 Å². The predicted molar refractivity (Wildman–Crippen MR) is 136 cm³/mol. The van der Waals surface area contributed by atoms with Gasteiger partial charge in [0, 0.05) is 40.0 Å². The van der Waals surface area contributed by atoms with E-state index in [4.69, 9.17) is 26.8 Å². The zero-order valence-corrected chi connectivity index (χ0v) is 20.7. The Morgan fingerprint density at radius 2 is 1.91 bits per heavy atom. The quantitative estimate of drug-likeness (QED) is 0.486. The maximum Gasteiger partial charge on any atom is 0.248 e. The van der Waals surface area contributed by atoms with Gasteiger partial charge in [0.2, 0.25) is 17.7 Å². The highest BCUT2D eigenvalue weighted by Crippen LogP contribution is 2.34. The van der Waals surface area contributed by atoms with Crippen LogP contribution in [0, 0.1) is 5.92 Å². The van der Waals surface area contributed by atoms with Gasteiger partial charge in [-0.2, -0.15) is 0 Å². The van der Waals surface area contributed by atoms with Gasteiger partial charge in [0.25, 0.3) is 0 Å². The molecule has 3 aromatic rings. The van der Waals surface area contributed by atoms with Gasteiger partial charge in [-0.15, -0.1) is 0 Å². The van der Waals surface area contributed by atoms with E-state index in [1.807, 2.05) is 30.9 Å². The number of primary amides is 1. The van der Waals surface area contributed by atoms with Gasteiger partial charge in [-0.3, -0.25) is 9.59 Å². The fourth-order valence-corrected chi connectivity index (χ4v) is 4.40. The van der Waals surface area contributed by atoms with Crippen molar-refractivity contribution in [1.82, 2.24) is 9.88 Å². The van der Waals surface area contributed by atoms with Crippen molar-refractivity contribution in [2.75, 3.05) is 25.5 Å². The molecule has 3 N–H and O–H groups in total. The third-order valence-electron chi connectivity index (χ3n) is 6.16. The summed E-state index contributed by atoms with van der Waals surface area (Å²) in [4.78, 5) is 31.0. The van der Waals surface area contributed by atoms with Gasteiger partial charge in [-0.05, 0) is 48.4 Å². The molecule has 8 nitrogen and oxygen atoms in total. The maximum absolute atomic E-state index is 13.4. The molecule has 2 heterocycles. The van der Waals surface area contributed by atoms with Crippen LogP contribution in [-0.2, 0) is 4.79 Å². The molecule has 2 amide bonds. The molecule has 0 unspecified atom stereocenters. The van der Waals surface area contributed by atoms with Crippen LogP contribution < -0.4 is 20.5 Å². The van der Waals surface area contributed by atoms with Crippen LogP contribution in [0.1, 0.15) is 30.6 Å². The molecule has 1 aliphatic heterocycles. The number of hydrogen-bond acceptors (Lipinski definition) is 6. The van der Waals surface area contributed by atoms with Gasteiger partial charge in [-0.1, -0.05) is 25.4 Å². The molecule has 0 bridgehead atoms. The van der Waals surface area contributed by atoms with Gasteiger partial charge in [-0.25, -0.2) is 4.98 Å². The molecule has 35 heavy (non-hydrogen) atoms. The zero-order valence-electron chi connectivity index (χ0n) is 20.0. The van der Waals surface area contributed by atoms with Crippen molar-refractivity contribution in [3.8, 4) is 11.6 Å². The number of carbonyl (C=O) groups is 2. The number of hydrogen-bond donors (Lipinski definition) is 2. The topological polar surface area (TPSA) is 107 Å². The van der Waals surface area contributed by atoms with E-state index in [9.17, 15) is 9.59 Å². The summed E-state index contributed by atoms with van der Waals surface area (Å²) in [6, 6.07) is 11.9. The molecule has 184 valence electrons. The fraction of sp³-hybridized carbons (Fsp3) is 0.346. The molecule has 1 aromatic heterocycles. The Kier molecular flexibility index (Phi) is 7.31. The second kappa shape index (κ2) is 10.4. The summed E-state index contributed by atoms with van der Waals surface area (Å²) in [6.07, 6.45) is 2.13. The molecule has 0 radical (unpaired) electrons. The molecule has 0 aliphatic carbocycles. The Morgan fingerprint density at radius 3 is 2.57 bits per heavy atom. The highest BCUT2D eigenvalue weighted by molar-refractivity contribution is 6.31. The Labute approximate surface area is 209 Å². The normalized spacial score (nSPS) is 16.4. The first-order valence-corrected chi connectivity index (χ1v) is 11.9. The number of ether oxygens (including phenoxy) is 2. The summed E-state index contributed by atoms with van der Waals surface area (Å²) in [6.45, 7) is 5.03. The van der Waals surface area contributed by atoms with Crippen molar-refractivity contribution in [3.05, 3.63) is 59.2 Å². The Balaban J connectivity index is 1.46. The minimum Gasteiger partial charge on any atom is -0.494 e. The van der Waals surface area contributed by atoms with Gasteiger partial charge in [0.15, 0.2) is 0 Å².